The summed E-state index contributed by atoms with van der Waals surface area (Å²) in [6, 6.07) is 3.22. The highest BCUT2D eigenvalue weighted by atomic mass is 35.5. The van der Waals surface area contributed by atoms with Crippen LogP contribution in [0.15, 0.2) is 24.7 Å². The highest BCUT2D eigenvalue weighted by Gasteiger charge is 2.23. The van der Waals surface area contributed by atoms with Crippen LogP contribution in [0.5, 0.6) is 0 Å². The molecule has 2 aromatic heterocycles. The molecule has 1 aliphatic heterocycles. The predicted octanol–water partition coefficient (Wildman–Crippen LogP) is 3.21. The van der Waals surface area contributed by atoms with Crippen LogP contribution in [0.4, 0.5) is 5.82 Å². The normalized spacial score (nSPS) is 13.8. The molecular formula is C26H37ClN6O4. The van der Waals surface area contributed by atoms with Gasteiger partial charge in [0.1, 0.15) is 23.9 Å². The standard InChI is InChI=1S/C26H37ClN6O4/c1-18(2)37-15-14-33(12-4-3-7-20-9-8-19-6-5-11-29-24(19)31-20)13-10-22(26(35)36)32-25(34)23-21(27)16-28-17-30-23/h8-9,16-18,22H,3-7,10-15H2,1-2H3,(H,29,31)(H,32,34)(H,35,36)/t22-/m0/s1. The monoisotopic (exact) mass is 532 g/mol. The minimum absolute atomic E-state index is 0.0453. The van der Waals surface area contributed by atoms with E-state index >= 15 is 0 Å². The molecule has 3 N–H and O–H groups in total. The van der Waals surface area contributed by atoms with E-state index in [2.05, 4.69) is 37.6 Å². The summed E-state index contributed by atoms with van der Waals surface area (Å²) in [4.78, 5) is 38.9. The molecule has 0 fully saturated rings. The zero-order valence-corrected chi connectivity index (χ0v) is 22.3. The Bertz CT molecular complexity index is 1040. The van der Waals surface area contributed by atoms with Crippen molar-refractivity contribution < 1.29 is 19.4 Å². The number of carbonyl (C=O) groups is 2. The van der Waals surface area contributed by atoms with E-state index < -0.39 is 17.9 Å². The number of unbranched alkanes of at least 4 members (excludes halogenated alkanes) is 1. The number of fused-ring (bicyclic) bond motifs is 1. The van der Waals surface area contributed by atoms with Gasteiger partial charge in [-0.15, -0.1) is 0 Å². The number of carbonyl (C=O) groups excluding carboxylic acids is 1. The molecule has 1 amide bonds. The first kappa shape index (κ1) is 28.7. The molecule has 1 atom stereocenters. The number of anilines is 1. The van der Waals surface area contributed by atoms with Crippen molar-refractivity contribution in [2.45, 2.75) is 64.5 Å². The molecule has 2 aromatic rings. The average Bonchev–Trinajstić information content (AvgIpc) is 2.88. The highest BCUT2D eigenvalue weighted by Crippen LogP contribution is 2.20. The van der Waals surface area contributed by atoms with Crippen molar-refractivity contribution in [3.63, 3.8) is 0 Å². The lowest BCUT2D eigenvalue weighted by Gasteiger charge is -2.25. The van der Waals surface area contributed by atoms with Gasteiger partial charge in [0.05, 0.1) is 17.7 Å². The number of ether oxygens (including phenoxy) is 1. The quantitative estimate of drug-likeness (QED) is 0.296. The second kappa shape index (κ2) is 14.8. The third-order valence-electron chi connectivity index (χ3n) is 6.19. The number of aliphatic carboxylic acids is 1. The van der Waals surface area contributed by atoms with Gasteiger partial charge in [0.25, 0.3) is 5.91 Å². The third kappa shape index (κ3) is 9.53. The van der Waals surface area contributed by atoms with Crippen molar-refractivity contribution in [1.29, 1.82) is 0 Å². The molecule has 3 rings (SSSR count). The number of hydrogen-bond donors (Lipinski definition) is 3. The topological polar surface area (TPSA) is 130 Å². The molecule has 0 saturated carbocycles. The van der Waals surface area contributed by atoms with E-state index in [-0.39, 0.29) is 23.2 Å². The number of nitrogens with zero attached hydrogens (tertiary/aromatic N) is 4. The number of aryl methyl sites for hydroxylation is 2. The molecule has 0 saturated heterocycles. The summed E-state index contributed by atoms with van der Waals surface area (Å²) in [5.41, 5.74) is 2.32. The minimum atomic E-state index is -1.11. The van der Waals surface area contributed by atoms with Gasteiger partial charge in [0.15, 0.2) is 0 Å². The molecule has 37 heavy (non-hydrogen) atoms. The van der Waals surface area contributed by atoms with Gasteiger partial charge in [-0.05, 0) is 70.5 Å². The van der Waals surface area contributed by atoms with E-state index in [1.54, 1.807) is 0 Å². The maximum absolute atomic E-state index is 12.5. The molecule has 0 spiro atoms. The second-order valence-corrected chi connectivity index (χ2v) is 9.84. The van der Waals surface area contributed by atoms with Crippen LogP contribution in [-0.4, -0.2) is 81.8 Å². The van der Waals surface area contributed by atoms with Crippen LogP contribution in [0.2, 0.25) is 5.02 Å². The van der Waals surface area contributed by atoms with Crippen LogP contribution < -0.4 is 10.6 Å². The fourth-order valence-corrected chi connectivity index (χ4v) is 4.37. The van der Waals surface area contributed by atoms with Gasteiger partial charge < -0.3 is 25.4 Å². The van der Waals surface area contributed by atoms with Gasteiger partial charge in [-0.3, -0.25) is 4.79 Å². The van der Waals surface area contributed by atoms with Gasteiger partial charge >= 0.3 is 5.97 Å². The SMILES string of the molecule is CC(C)OCCN(CCCCc1ccc2c(n1)NCCC2)CC[C@H](NC(=O)c1ncncc1Cl)C(=O)O. The Balaban J connectivity index is 1.51. The zero-order chi connectivity index (χ0) is 26.6. The van der Waals surface area contributed by atoms with Gasteiger partial charge in [0, 0.05) is 31.5 Å². The van der Waals surface area contributed by atoms with E-state index in [1.165, 1.54) is 18.1 Å². The second-order valence-electron chi connectivity index (χ2n) is 9.43. The Morgan fingerprint density at radius 2 is 2.08 bits per heavy atom. The Morgan fingerprint density at radius 1 is 1.24 bits per heavy atom. The predicted molar refractivity (Wildman–Crippen MR) is 142 cm³/mol. The van der Waals surface area contributed by atoms with Crippen LogP contribution in [-0.2, 0) is 22.4 Å². The molecular weight excluding hydrogens is 496 g/mol. The van der Waals surface area contributed by atoms with E-state index in [0.717, 1.165) is 56.7 Å². The summed E-state index contributed by atoms with van der Waals surface area (Å²) in [6.45, 7) is 7.46. The number of halogens is 1. The first-order valence-electron chi connectivity index (χ1n) is 12.9. The molecule has 0 unspecified atom stereocenters. The average molecular weight is 533 g/mol. The molecule has 202 valence electrons. The first-order chi connectivity index (χ1) is 17.8. The third-order valence-corrected chi connectivity index (χ3v) is 6.46. The summed E-state index contributed by atoms with van der Waals surface area (Å²) in [5, 5.41) is 15.7. The lowest BCUT2D eigenvalue weighted by Crippen LogP contribution is -2.44. The summed E-state index contributed by atoms with van der Waals surface area (Å²) < 4.78 is 5.72. The summed E-state index contributed by atoms with van der Waals surface area (Å²) in [6.07, 6.45) is 7.87. The van der Waals surface area contributed by atoms with Crippen LogP contribution >= 0.6 is 11.6 Å². The number of carboxylic acid groups (broad SMARTS) is 1. The van der Waals surface area contributed by atoms with Crippen LogP contribution in [0, 0.1) is 0 Å². The van der Waals surface area contributed by atoms with Crippen LogP contribution in [0.25, 0.3) is 0 Å². The van der Waals surface area contributed by atoms with Gasteiger partial charge in [-0.25, -0.2) is 19.7 Å². The smallest absolute Gasteiger partial charge is 0.326 e. The van der Waals surface area contributed by atoms with E-state index in [1.807, 2.05) is 13.8 Å². The van der Waals surface area contributed by atoms with Gasteiger partial charge in [-0.2, -0.15) is 0 Å². The van der Waals surface area contributed by atoms with Gasteiger partial charge in [-0.1, -0.05) is 17.7 Å². The van der Waals surface area contributed by atoms with Gasteiger partial charge in [0.2, 0.25) is 0 Å². The van der Waals surface area contributed by atoms with Crippen molar-refractivity contribution in [3.05, 3.63) is 46.6 Å². The Labute approximate surface area is 223 Å². The summed E-state index contributed by atoms with van der Waals surface area (Å²) in [5.74, 6) is -0.730. The highest BCUT2D eigenvalue weighted by molar-refractivity contribution is 6.33. The molecule has 0 aromatic carbocycles. The lowest BCUT2D eigenvalue weighted by molar-refractivity contribution is -0.139. The molecule has 1 aliphatic rings. The van der Waals surface area contributed by atoms with E-state index in [4.69, 9.17) is 21.3 Å². The Morgan fingerprint density at radius 3 is 2.84 bits per heavy atom. The summed E-state index contributed by atoms with van der Waals surface area (Å²) in [7, 11) is 0. The molecule has 0 bridgehead atoms. The zero-order valence-electron chi connectivity index (χ0n) is 21.6. The number of pyridine rings is 1. The van der Waals surface area contributed by atoms with Crippen molar-refractivity contribution >= 4 is 29.3 Å². The first-order valence-corrected chi connectivity index (χ1v) is 13.3. The maximum Gasteiger partial charge on any atom is 0.326 e. The Hall–Kier alpha value is -2.82. The number of rotatable bonds is 15. The molecule has 0 aliphatic carbocycles. The number of amides is 1. The number of nitrogens with one attached hydrogen (secondary N) is 2. The number of aromatic nitrogens is 3. The fraction of sp³-hybridized carbons (Fsp3) is 0.577. The molecule has 10 nitrogen and oxygen atoms in total. The summed E-state index contributed by atoms with van der Waals surface area (Å²) >= 11 is 5.98. The van der Waals surface area contributed by atoms with Crippen molar-refractivity contribution in [2.24, 2.45) is 0 Å². The van der Waals surface area contributed by atoms with Crippen LogP contribution in [0.3, 0.4) is 0 Å². The van der Waals surface area contributed by atoms with E-state index in [0.29, 0.717) is 19.7 Å². The van der Waals surface area contributed by atoms with Crippen molar-refractivity contribution in [3.8, 4) is 0 Å². The number of carboxylic acids is 1. The molecule has 3 heterocycles. The lowest BCUT2D eigenvalue weighted by atomic mass is 10.1. The number of hydrogen-bond acceptors (Lipinski definition) is 8. The molecule has 0 radical (unpaired) electrons. The maximum atomic E-state index is 12.5. The fourth-order valence-electron chi connectivity index (χ4n) is 4.18. The van der Waals surface area contributed by atoms with E-state index in [9.17, 15) is 14.7 Å². The van der Waals surface area contributed by atoms with Crippen molar-refractivity contribution in [1.82, 2.24) is 25.2 Å². The van der Waals surface area contributed by atoms with Crippen LogP contribution in [0.1, 0.15) is 61.3 Å². The largest absolute Gasteiger partial charge is 0.480 e. The van der Waals surface area contributed by atoms with Crippen molar-refractivity contribution in [2.75, 3.05) is 38.1 Å². The Kier molecular flexibility index (Phi) is 11.5. The minimum Gasteiger partial charge on any atom is -0.480 e. The molecule has 11 heteroatoms.